The largest absolute Gasteiger partial charge is 0.444 e. The van der Waals surface area contributed by atoms with Crippen molar-refractivity contribution in [1.29, 1.82) is 0 Å². The molecule has 0 atom stereocenters. The molecule has 0 unspecified atom stereocenters. The molecule has 0 aromatic heterocycles. The number of alkyl carbamates (subject to hydrolysis) is 1. The first-order valence-corrected chi connectivity index (χ1v) is 12.1. The van der Waals surface area contributed by atoms with Crippen LogP contribution in [0.2, 0.25) is 0 Å². The molecule has 0 bridgehead atoms. The summed E-state index contributed by atoms with van der Waals surface area (Å²) in [6, 6.07) is 12.4. The molecule has 11 nitrogen and oxygen atoms in total. The van der Waals surface area contributed by atoms with Crippen molar-refractivity contribution in [1.82, 2.24) is 5.32 Å². The quantitative estimate of drug-likeness (QED) is 0.369. The number of carbonyl (C=O) groups excluding carboxylic acids is 2. The zero-order valence-electron chi connectivity index (χ0n) is 21.6. The number of benzene rings is 2. The molecular weight excluding hydrogens is 499 g/mol. The van der Waals surface area contributed by atoms with Gasteiger partial charge in [0.05, 0.1) is 20.8 Å². The van der Waals surface area contributed by atoms with Crippen LogP contribution in [0.3, 0.4) is 0 Å². The van der Waals surface area contributed by atoms with Gasteiger partial charge in [0, 0.05) is 25.7 Å². The summed E-state index contributed by atoms with van der Waals surface area (Å²) >= 11 is 0. The van der Waals surface area contributed by atoms with Gasteiger partial charge in [0.2, 0.25) is 5.91 Å². The Labute approximate surface area is 220 Å². The van der Waals surface area contributed by atoms with Crippen LogP contribution in [-0.2, 0) is 20.5 Å². The second kappa shape index (κ2) is 11.5. The minimum atomic E-state index is -0.588. The highest BCUT2D eigenvalue weighted by Gasteiger charge is 2.44. The Morgan fingerprint density at radius 3 is 1.58 bits per heavy atom. The summed E-state index contributed by atoms with van der Waals surface area (Å²) in [4.78, 5) is 43.7. The number of ether oxygens (including phenoxy) is 1. The van der Waals surface area contributed by atoms with Gasteiger partial charge in [-0.1, -0.05) is 18.6 Å². The first kappa shape index (κ1) is 30.1. The number of hydrogen-bond donors (Lipinski definition) is 2. The molecule has 2 fully saturated rings. The van der Waals surface area contributed by atoms with E-state index in [0.29, 0.717) is 0 Å². The predicted octanol–water partition coefficient (Wildman–Crippen LogP) is 5.40. The van der Waals surface area contributed by atoms with Crippen molar-refractivity contribution < 1.29 is 30.3 Å². The van der Waals surface area contributed by atoms with E-state index in [1.807, 2.05) is 20.8 Å². The topological polar surface area (TPSA) is 168 Å². The summed E-state index contributed by atoms with van der Waals surface area (Å²) in [5.41, 5.74) is 5.54. The second-order valence-corrected chi connectivity index (χ2v) is 10.5. The minimum absolute atomic E-state index is 0. The van der Waals surface area contributed by atoms with Crippen molar-refractivity contribution in [2.24, 2.45) is 5.73 Å². The number of carbonyl (C=O) groups is 2. The summed E-state index contributed by atoms with van der Waals surface area (Å²) in [7, 11) is 0. The third-order valence-corrected chi connectivity index (χ3v) is 6.89. The predicted molar refractivity (Wildman–Crippen MR) is 140 cm³/mol. The van der Waals surface area contributed by atoms with E-state index in [9.17, 15) is 29.8 Å². The van der Waals surface area contributed by atoms with E-state index in [1.54, 1.807) is 24.3 Å². The van der Waals surface area contributed by atoms with Crippen LogP contribution in [0, 0.1) is 20.2 Å². The minimum Gasteiger partial charge on any atom is -0.444 e. The number of nitro benzene ring substituents is 2. The number of rotatable bonds is 6. The Morgan fingerprint density at radius 1 is 0.868 bits per heavy atom. The van der Waals surface area contributed by atoms with E-state index in [-0.39, 0.29) is 23.4 Å². The average molecular weight is 536 g/mol. The fourth-order valence-corrected chi connectivity index (χ4v) is 4.53. The van der Waals surface area contributed by atoms with Gasteiger partial charge in [0.15, 0.2) is 0 Å². The summed E-state index contributed by atoms with van der Waals surface area (Å²) < 4.78 is 5.29. The molecule has 2 amide bonds. The van der Waals surface area contributed by atoms with Gasteiger partial charge in [-0.2, -0.15) is 0 Å². The molecule has 0 spiro atoms. The lowest BCUT2D eigenvalue weighted by atomic mass is 9.64. The molecule has 3 N–H and O–H groups in total. The third kappa shape index (κ3) is 6.61. The smallest absolute Gasteiger partial charge is 0.408 e. The number of nitrogens with zero attached hydrogens (tertiary/aromatic N) is 2. The first-order valence-electron chi connectivity index (χ1n) is 12.1. The summed E-state index contributed by atoms with van der Waals surface area (Å²) in [5.74, 6) is -0.340. The van der Waals surface area contributed by atoms with Gasteiger partial charge in [-0.05, 0) is 76.1 Å². The maximum atomic E-state index is 12.0. The Kier molecular flexibility index (Phi) is 9.14. The highest BCUT2D eigenvalue weighted by Crippen LogP contribution is 2.44. The van der Waals surface area contributed by atoms with Crippen molar-refractivity contribution in [3.63, 3.8) is 0 Å². The van der Waals surface area contributed by atoms with Gasteiger partial charge in [-0.3, -0.25) is 29.7 Å². The lowest BCUT2D eigenvalue weighted by Gasteiger charge is -2.43. The number of amides is 2. The maximum Gasteiger partial charge on any atom is 0.408 e. The number of non-ortho nitro benzene ring substituents is 2. The van der Waals surface area contributed by atoms with Crippen LogP contribution < -0.4 is 11.1 Å². The summed E-state index contributed by atoms with van der Waals surface area (Å²) in [5, 5.41) is 24.1. The van der Waals surface area contributed by atoms with Crippen molar-refractivity contribution >= 4 is 23.4 Å². The molecule has 2 aromatic carbocycles. The van der Waals surface area contributed by atoms with Gasteiger partial charge in [0.25, 0.3) is 11.4 Å². The van der Waals surface area contributed by atoms with Crippen LogP contribution in [0.1, 0.15) is 71.8 Å². The van der Waals surface area contributed by atoms with E-state index in [0.717, 1.165) is 49.7 Å². The molecule has 2 aliphatic rings. The van der Waals surface area contributed by atoms with Crippen molar-refractivity contribution in [3.8, 4) is 0 Å². The molecule has 2 aromatic rings. The number of nitro groups is 2. The average Bonchev–Trinajstić information content (AvgIpc) is 2.75. The Bertz CT molecular complexity index is 1180. The van der Waals surface area contributed by atoms with E-state index in [4.69, 9.17) is 10.5 Å². The third-order valence-electron chi connectivity index (χ3n) is 6.89. The fraction of sp³-hybridized carbons (Fsp3) is 0.462. The van der Waals surface area contributed by atoms with Crippen molar-refractivity contribution in [2.75, 3.05) is 0 Å². The Balaban J connectivity index is 0.000000382. The first-order chi connectivity index (χ1) is 17.3. The molecule has 2 aliphatic carbocycles. The maximum absolute atomic E-state index is 12.0. The van der Waals surface area contributed by atoms with Gasteiger partial charge in [0.1, 0.15) is 5.60 Å². The summed E-state index contributed by atoms with van der Waals surface area (Å²) in [6.07, 6.45) is 4.61. The van der Waals surface area contributed by atoms with Crippen molar-refractivity contribution in [2.45, 2.75) is 75.9 Å². The standard InChI is InChI=1S/C15H20N2O4.C11H12N2O3.FH.H2/c1-14(2,3)21-13(18)16-15(9-4-10-15)11-5-7-12(8-6-11)17(19)20;12-10(14)11(6-1-7-11)8-2-4-9(5-3-8)13(15)16;;/h5-8H,4,9-10H2,1-3H3,(H,16,18);2-5H,1,6-7H2,(H2,12,14);2*1H/i;;;1+1. The molecular formula is C26H35FN4O7. The molecule has 38 heavy (non-hydrogen) atoms. The van der Waals surface area contributed by atoms with Gasteiger partial charge in [-0.15, -0.1) is 0 Å². The highest BCUT2D eigenvalue weighted by atomic mass is 19.0. The normalized spacial score (nSPS) is 16.6. The number of primary amides is 1. The van der Waals surface area contributed by atoms with Crippen molar-refractivity contribution in [3.05, 3.63) is 79.9 Å². The summed E-state index contributed by atoms with van der Waals surface area (Å²) in [6.45, 7) is 5.43. The van der Waals surface area contributed by atoms with Crippen LogP contribution in [0.25, 0.3) is 0 Å². The molecule has 4 rings (SSSR count). The molecule has 12 heteroatoms. The Morgan fingerprint density at radius 2 is 1.29 bits per heavy atom. The van der Waals surface area contributed by atoms with Gasteiger partial charge < -0.3 is 15.8 Å². The number of halogens is 1. The van der Waals surface area contributed by atoms with Crippen LogP contribution in [0.4, 0.5) is 20.9 Å². The monoisotopic (exact) mass is 535 g/mol. The molecule has 208 valence electrons. The second-order valence-electron chi connectivity index (χ2n) is 10.5. The number of nitrogens with two attached hydrogens (primary N) is 1. The molecule has 0 heterocycles. The van der Waals surface area contributed by atoms with Gasteiger partial charge >= 0.3 is 6.09 Å². The van der Waals surface area contributed by atoms with Gasteiger partial charge in [-0.25, -0.2) is 4.79 Å². The number of hydrogen-bond acceptors (Lipinski definition) is 7. The Hall–Kier alpha value is -4.09. The SMILES string of the molecule is CC(C)(C)OC(=O)NC1(c2ccc([N+](=O)[O-])cc2)CCC1.F.NC(=O)C1(c2ccc([N+](=O)[O-])cc2)CCC1.[2HH]. The molecule has 0 radical (unpaired) electrons. The molecule has 2 saturated carbocycles. The lowest BCUT2D eigenvalue weighted by molar-refractivity contribution is -0.385. The zero-order chi connectivity index (χ0) is 27.4. The van der Waals surface area contributed by atoms with E-state index in [1.165, 1.54) is 24.3 Å². The van der Waals surface area contributed by atoms with E-state index in [2.05, 4.69) is 5.32 Å². The van der Waals surface area contributed by atoms with E-state index >= 15 is 0 Å². The van der Waals surface area contributed by atoms with Crippen LogP contribution in [-0.4, -0.2) is 27.4 Å². The highest BCUT2D eigenvalue weighted by molar-refractivity contribution is 5.87. The number of nitrogens with one attached hydrogen (secondary N) is 1. The van der Waals surface area contributed by atoms with Crippen LogP contribution in [0.15, 0.2) is 48.5 Å². The molecule has 0 aliphatic heterocycles. The van der Waals surface area contributed by atoms with Crippen LogP contribution >= 0.6 is 0 Å². The fourth-order valence-electron chi connectivity index (χ4n) is 4.53. The molecule has 0 saturated heterocycles. The zero-order valence-corrected chi connectivity index (χ0v) is 21.6. The van der Waals surface area contributed by atoms with E-state index < -0.39 is 32.5 Å². The lowest BCUT2D eigenvalue weighted by Crippen LogP contribution is -2.52. The van der Waals surface area contributed by atoms with Crippen LogP contribution in [0.5, 0.6) is 0 Å².